The lowest BCUT2D eigenvalue weighted by atomic mass is 10.1. The van der Waals surface area contributed by atoms with Gasteiger partial charge in [-0.25, -0.2) is 0 Å². The Morgan fingerprint density at radius 2 is 2.24 bits per heavy atom. The third-order valence-corrected chi connectivity index (χ3v) is 3.65. The molecule has 2 rings (SSSR count). The molecule has 0 aliphatic carbocycles. The summed E-state index contributed by atoms with van der Waals surface area (Å²) in [4.78, 5) is 12.0. The van der Waals surface area contributed by atoms with Crippen LogP contribution in [0.15, 0.2) is 47.2 Å². The molecule has 0 saturated heterocycles. The molecule has 1 aromatic heterocycles. The van der Waals surface area contributed by atoms with Crippen LogP contribution in [0.2, 0.25) is 0 Å². The molecule has 0 radical (unpaired) electrons. The topological polar surface area (TPSA) is 54.3 Å². The van der Waals surface area contributed by atoms with E-state index >= 15 is 0 Å². The van der Waals surface area contributed by atoms with E-state index < -0.39 is 6.10 Å². The van der Waals surface area contributed by atoms with Crippen LogP contribution in [0.5, 0.6) is 0 Å². The van der Waals surface area contributed by atoms with Crippen LogP contribution >= 0.6 is 15.9 Å². The van der Waals surface area contributed by atoms with E-state index in [0.717, 1.165) is 28.6 Å². The Balaban J connectivity index is 1.94. The summed E-state index contributed by atoms with van der Waals surface area (Å²) >= 11 is 3.37. The second kappa shape index (κ2) is 7.43. The maximum Gasteiger partial charge on any atom is 0.244 e. The number of rotatable bonds is 6. The van der Waals surface area contributed by atoms with Crippen LogP contribution in [0.1, 0.15) is 31.4 Å². The zero-order valence-corrected chi connectivity index (χ0v) is 13.5. The smallest absolute Gasteiger partial charge is 0.244 e. The predicted molar refractivity (Wildman–Crippen MR) is 87.1 cm³/mol. The Bertz CT molecular complexity index is 610. The van der Waals surface area contributed by atoms with Crippen molar-refractivity contribution in [3.8, 4) is 0 Å². The van der Waals surface area contributed by atoms with E-state index in [-0.39, 0.29) is 12.5 Å². The first-order valence-corrected chi connectivity index (χ1v) is 7.77. The third kappa shape index (κ3) is 4.72. The van der Waals surface area contributed by atoms with Gasteiger partial charge >= 0.3 is 0 Å². The standard InChI is InChI=1S/C16H19BrN2O2/c1-2-4-15(20)12-7-8-19(10-12)11-16(21)18-14-6-3-5-13(17)9-14/h3,5-10,15,20H,2,4,11H2,1H3,(H,18,21). The van der Waals surface area contributed by atoms with E-state index in [9.17, 15) is 9.90 Å². The molecule has 2 N–H and O–H groups in total. The van der Waals surface area contributed by atoms with Crippen molar-refractivity contribution in [1.82, 2.24) is 4.57 Å². The lowest BCUT2D eigenvalue weighted by Crippen LogP contribution is -2.17. The number of nitrogens with one attached hydrogen (secondary N) is 1. The normalized spacial score (nSPS) is 12.1. The highest BCUT2D eigenvalue weighted by Gasteiger charge is 2.09. The fraction of sp³-hybridized carbons (Fsp3) is 0.312. The molecule has 5 heteroatoms. The van der Waals surface area contributed by atoms with Crippen molar-refractivity contribution in [3.63, 3.8) is 0 Å². The Morgan fingerprint density at radius 3 is 2.95 bits per heavy atom. The van der Waals surface area contributed by atoms with Crippen molar-refractivity contribution in [3.05, 3.63) is 52.8 Å². The summed E-state index contributed by atoms with van der Waals surface area (Å²) in [7, 11) is 0. The molecular weight excluding hydrogens is 332 g/mol. The molecule has 1 amide bonds. The van der Waals surface area contributed by atoms with Gasteiger partial charge in [-0.05, 0) is 36.2 Å². The van der Waals surface area contributed by atoms with E-state index in [0.29, 0.717) is 0 Å². The van der Waals surface area contributed by atoms with Gasteiger partial charge in [-0.2, -0.15) is 0 Å². The first-order chi connectivity index (χ1) is 10.1. The van der Waals surface area contributed by atoms with Crippen LogP contribution in [-0.2, 0) is 11.3 Å². The Hall–Kier alpha value is -1.59. The molecule has 0 aliphatic rings. The predicted octanol–water partition coefficient (Wildman–Crippen LogP) is 3.72. The van der Waals surface area contributed by atoms with Crippen molar-refractivity contribution < 1.29 is 9.90 Å². The zero-order chi connectivity index (χ0) is 15.2. The first-order valence-electron chi connectivity index (χ1n) is 6.97. The van der Waals surface area contributed by atoms with Crippen LogP contribution in [0.4, 0.5) is 5.69 Å². The third-order valence-electron chi connectivity index (χ3n) is 3.15. The molecule has 1 atom stereocenters. The number of aliphatic hydroxyl groups excluding tert-OH is 1. The van der Waals surface area contributed by atoms with Gasteiger partial charge in [0, 0.05) is 22.6 Å². The lowest BCUT2D eigenvalue weighted by molar-refractivity contribution is -0.116. The van der Waals surface area contributed by atoms with E-state index in [1.165, 1.54) is 0 Å². The number of carbonyl (C=O) groups excluding carboxylic acids is 1. The van der Waals surface area contributed by atoms with E-state index in [4.69, 9.17) is 0 Å². The molecule has 2 aromatic rings. The number of carbonyl (C=O) groups is 1. The molecule has 0 spiro atoms. The van der Waals surface area contributed by atoms with E-state index in [1.54, 1.807) is 4.57 Å². The van der Waals surface area contributed by atoms with Gasteiger partial charge in [0.1, 0.15) is 6.54 Å². The number of nitrogens with zero attached hydrogens (tertiary/aromatic N) is 1. The number of amides is 1. The highest BCUT2D eigenvalue weighted by molar-refractivity contribution is 9.10. The number of halogens is 1. The van der Waals surface area contributed by atoms with Crippen molar-refractivity contribution in [2.45, 2.75) is 32.4 Å². The summed E-state index contributed by atoms with van der Waals surface area (Å²) in [5, 5.41) is 12.8. The summed E-state index contributed by atoms with van der Waals surface area (Å²) in [5.41, 5.74) is 1.61. The summed E-state index contributed by atoms with van der Waals surface area (Å²) in [6, 6.07) is 9.32. The zero-order valence-electron chi connectivity index (χ0n) is 11.9. The summed E-state index contributed by atoms with van der Waals surface area (Å²) < 4.78 is 2.70. The quantitative estimate of drug-likeness (QED) is 0.833. The molecule has 1 aromatic carbocycles. The molecular formula is C16H19BrN2O2. The van der Waals surface area contributed by atoms with Gasteiger partial charge in [-0.3, -0.25) is 4.79 Å². The summed E-state index contributed by atoms with van der Waals surface area (Å²) in [6.07, 6.45) is 4.84. The fourth-order valence-corrected chi connectivity index (χ4v) is 2.53. The first kappa shape index (κ1) is 15.8. The highest BCUT2D eigenvalue weighted by Crippen LogP contribution is 2.19. The Morgan fingerprint density at radius 1 is 1.43 bits per heavy atom. The van der Waals surface area contributed by atoms with Crippen molar-refractivity contribution in [2.75, 3.05) is 5.32 Å². The molecule has 0 bridgehead atoms. The maximum atomic E-state index is 12.0. The van der Waals surface area contributed by atoms with Crippen molar-refractivity contribution >= 4 is 27.5 Å². The molecule has 0 aliphatic heterocycles. The molecule has 0 fully saturated rings. The average Bonchev–Trinajstić information content (AvgIpc) is 2.87. The van der Waals surface area contributed by atoms with Crippen LogP contribution in [-0.4, -0.2) is 15.6 Å². The van der Waals surface area contributed by atoms with Crippen LogP contribution in [0.3, 0.4) is 0 Å². The van der Waals surface area contributed by atoms with Gasteiger partial charge in [0.2, 0.25) is 5.91 Å². The van der Waals surface area contributed by atoms with Crippen LogP contribution < -0.4 is 5.32 Å². The number of aliphatic hydroxyl groups is 1. The van der Waals surface area contributed by atoms with Gasteiger partial charge in [0.15, 0.2) is 0 Å². The monoisotopic (exact) mass is 350 g/mol. The Kier molecular flexibility index (Phi) is 5.59. The maximum absolute atomic E-state index is 12.0. The summed E-state index contributed by atoms with van der Waals surface area (Å²) in [6.45, 7) is 2.26. The van der Waals surface area contributed by atoms with Gasteiger partial charge < -0.3 is 15.0 Å². The number of hydrogen-bond donors (Lipinski definition) is 2. The van der Waals surface area contributed by atoms with Gasteiger partial charge in [-0.15, -0.1) is 0 Å². The minimum Gasteiger partial charge on any atom is -0.388 e. The van der Waals surface area contributed by atoms with Crippen LogP contribution in [0.25, 0.3) is 0 Å². The molecule has 21 heavy (non-hydrogen) atoms. The molecule has 0 saturated carbocycles. The SMILES string of the molecule is CCCC(O)c1ccn(CC(=O)Nc2cccc(Br)c2)c1. The summed E-state index contributed by atoms with van der Waals surface area (Å²) in [5.74, 6) is -0.0970. The minimum absolute atomic E-state index is 0.0970. The second-order valence-corrected chi connectivity index (χ2v) is 5.90. The number of anilines is 1. The minimum atomic E-state index is -0.454. The largest absolute Gasteiger partial charge is 0.388 e. The molecule has 4 nitrogen and oxygen atoms in total. The van der Waals surface area contributed by atoms with Gasteiger partial charge in [0.25, 0.3) is 0 Å². The molecule has 1 heterocycles. The van der Waals surface area contributed by atoms with Crippen molar-refractivity contribution in [1.29, 1.82) is 0 Å². The Labute approximate surface area is 132 Å². The molecule has 1 unspecified atom stereocenters. The number of aromatic nitrogens is 1. The van der Waals surface area contributed by atoms with Crippen molar-refractivity contribution in [2.24, 2.45) is 0 Å². The lowest BCUT2D eigenvalue weighted by Gasteiger charge is -2.08. The highest BCUT2D eigenvalue weighted by atomic mass is 79.9. The van der Waals surface area contributed by atoms with Gasteiger partial charge in [0.05, 0.1) is 6.10 Å². The van der Waals surface area contributed by atoms with Crippen LogP contribution in [0, 0.1) is 0 Å². The second-order valence-electron chi connectivity index (χ2n) is 4.98. The average molecular weight is 351 g/mol. The number of benzene rings is 1. The van der Waals surface area contributed by atoms with E-state index in [2.05, 4.69) is 21.2 Å². The fourth-order valence-electron chi connectivity index (χ4n) is 2.13. The van der Waals surface area contributed by atoms with Gasteiger partial charge in [-0.1, -0.05) is 35.3 Å². The molecule has 112 valence electrons. The van der Waals surface area contributed by atoms with E-state index in [1.807, 2.05) is 49.6 Å². The number of hydrogen-bond acceptors (Lipinski definition) is 2.